The summed E-state index contributed by atoms with van der Waals surface area (Å²) in [7, 11) is 0. The fraction of sp³-hybridized carbons (Fsp3) is 0.125. The molecule has 0 aliphatic heterocycles. The van der Waals surface area contributed by atoms with Crippen LogP contribution in [-0.2, 0) is 0 Å². The number of aryl methyl sites for hydroxylation is 1. The molecule has 0 atom stereocenters. The lowest BCUT2D eigenvalue weighted by Gasteiger charge is -2.10. The van der Waals surface area contributed by atoms with Crippen molar-refractivity contribution in [1.29, 1.82) is 5.41 Å². The van der Waals surface area contributed by atoms with Gasteiger partial charge in [0.15, 0.2) is 0 Å². The van der Waals surface area contributed by atoms with Gasteiger partial charge in [0.1, 0.15) is 0 Å². The van der Waals surface area contributed by atoms with E-state index in [0.29, 0.717) is 11.3 Å². The third kappa shape index (κ3) is 1.60. The van der Waals surface area contributed by atoms with Crippen LogP contribution < -0.4 is 0 Å². The minimum atomic E-state index is 0.403. The SMILES string of the molecule is Cc1cc([NH-])c(C=N)cc1Br. The molecule has 0 fully saturated rings. The third-order valence-corrected chi connectivity index (χ3v) is 2.34. The molecule has 0 spiro atoms. The van der Waals surface area contributed by atoms with E-state index in [1.807, 2.05) is 6.92 Å². The van der Waals surface area contributed by atoms with Gasteiger partial charge in [0.2, 0.25) is 0 Å². The molecule has 11 heavy (non-hydrogen) atoms. The highest BCUT2D eigenvalue weighted by Crippen LogP contribution is 2.24. The molecule has 0 aliphatic rings. The summed E-state index contributed by atoms with van der Waals surface area (Å²) in [6, 6.07) is 3.52. The molecule has 1 aromatic rings. The zero-order valence-corrected chi connectivity index (χ0v) is 7.70. The number of hydrogen-bond donors (Lipinski definition) is 1. The Morgan fingerprint density at radius 1 is 1.55 bits per heavy atom. The summed E-state index contributed by atoms with van der Waals surface area (Å²) >= 11 is 3.33. The Kier molecular flexibility index (Phi) is 2.29. The van der Waals surface area contributed by atoms with Crippen LogP contribution in [0.5, 0.6) is 0 Å². The summed E-state index contributed by atoms with van der Waals surface area (Å²) in [6.45, 7) is 1.93. The molecular formula is C8H8BrN2-. The number of benzene rings is 1. The second-order valence-corrected chi connectivity index (χ2v) is 3.19. The molecule has 3 heteroatoms. The van der Waals surface area contributed by atoms with Crippen molar-refractivity contribution < 1.29 is 0 Å². The van der Waals surface area contributed by atoms with Crippen LogP contribution in [-0.4, -0.2) is 6.21 Å². The summed E-state index contributed by atoms with van der Waals surface area (Å²) < 4.78 is 0.951. The molecule has 0 aliphatic carbocycles. The van der Waals surface area contributed by atoms with E-state index in [1.54, 1.807) is 12.1 Å². The Morgan fingerprint density at radius 3 is 2.73 bits per heavy atom. The number of halogens is 1. The highest BCUT2D eigenvalue weighted by atomic mass is 79.9. The predicted octanol–water partition coefficient (Wildman–Crippen LogP) is 3.44. The van der Waals surface area contributed by atoms with Crippen molar-refractivity contribution in [2.75, 3.05) is 0 Å². The van der Waals surface area contributed by atoms with Crippen LogP contribution in [0.15, 0.2) is 16.6 Å². The maximum atomic E-state index is 7.44. The van der Waals surface area contributed by atoms with E-state index in [-0.39, 0.29) is 0 Å². The van der Waals surface area contributed by atoms with Crippen LogP contribution >= 0.6 is 15.9 Å². The smallest absolute Gasteiger partial charge is 0.0238 e. The minimum absolute atomic E-state index is 0.403. The number of rotatable bonds is 1. The van der Waals surface area contributed by atoms with Crippen molar-refractivity contribution in [3.8, 4) is 0 Å². The lowest BCUT2D eigenvalue weighted by Crippen LogP contribution is -1.82. The molecule has 2 nitrogen and oxygen atoms in total. The Bertz CT molecular complexity index is 294. The van der Waals surface area contributed by atoms with Crippen LogP contribution in [0.25, 0.3) is 5.73 Å². The first-order valence-corrected chi connectivity index (χ1v) is 3.96. The van der Waals surface area contributed by atoms with Crippen molar-refractivity contribution >= 4 is 27.8 Å². The van der Waals surface area contributed by atoms with E-state index in [1.165, 1.54) is 6.21 Å². The lowest BCUT2D eigenvalue weighted by molar-refractivity contribution is 1.43. The Balaban J connectivity index is 3.31. The van der Waals surface area contributed by atoms with E-state index in [0.717, 1.165) is 10.0 Å². The molecule has 1 aromatic carbocycles. The van der Waals surface area contributed by atoms with Crippen molar-refractivity contribution in [3.05, 3.63) is 33.5 Å². The first-order valence-electron chi connectivity index (χ1n) is 3.17. The van der Waals surface area contributed by atoms with Gasteiger partial charge in [0, 0.05) is 10.7 Å². The Morgan fingerprint density at radius 2 is 2.18 bits per heavy atom. The highest BCUT2D eigenvalue weighted by molar-refractivity contribution is 9.10. The summed E-state index contributed by atoms with van der Waals surface area (Å²) in [5.41, 5.74) is 9.51. The van der Waals surface area contributed by atoms with Gasteiger partial charge >= 0.3 is 0 Å². The quantitative estimate of drug-likeness (QED) is 0.693. The van der Waals surface area contributed by atoms with Crippen molar-refractivity contribution in [3.63, 3.8) is 0 Å². The van der Waals surface area contributed by atoms with Gasteiger partial charge in [0.25, 0.3) is 0 Å². The normalized spacial score (nSPS) is 9.64. The van der Waals surface area contributed by atoms with Crippen LogP contribution in [0.1, 0.15) is 11.1 Å². The number of nitrogens with one attached hydrogen (secondary N) is 2. The van der Waals surface area contributed by atoms with Gasteiger partial charge in [-0.1, -0.05) is 22.0 Å². The topological polar surface area (TPSA) is 47.7 Å². The van der Waals surface area contributed by atoms with Crippen LogP contribution in [0.4, 0.5) is 5.69 Å². The average molecular weight is 212 g/mol. The van der Waals surface area contributed by atoms with Gasteiger partial charge < -0.3 is 11.1 Å². The third-order valence-electron chi connectivity index (χ3n) is 1.49. The zero-order chi connectivity index (χ0) is 8.43. The lowest BCUT2D eigenvalue weighted by atomic mass is 10.1. The largest absolute Gasteiger partial charge is 0.698 e. The molecule has 58 valence electrons. The molecule has 0 bridgehead atoms. The molecule has 2 N–H and O–H groups in total. The standard InChI is InChI=1S/C8H8BrN2/c1-5-2-8(11)6(4-10)3-7(5)9/h2-4,10-11H,1H3/q-1. The fourth-order valence-electron chi connectivity index (χ4n) is 0.816. The van der Waals surface area contributed by atoms with Crippen molar-refractivity contribution in [2.24, 2.45) is 0 Å². The zero-order valence-electron chi connectivity index (χ0n) is 6.11. The van der Waals surface area contributed by atoms with E-state index >= 15 is 0 Å². The van der Waals surface area contributed by atoms with Gasteiger partial charge in [0.05, 0.1) is 0 Å². The molecular weight excluding hydrogens is 204 g/mol. The molecule has 0 saturated heterocycles. The van der Waals surface area contributed by atoms with Gasteiger partial charge in [-0.2, -0.15) is 0 Å². The second kappa shape index (κ2) is 3.05. The summed E-state index contributed by atoms with van der Waals surface area (Å²) in [5, 5.41) is 6.99. The maximum Gasteiger partial charge on any atom is 0.0238 e. The van der Waals surface area contributed by atoms with E-state index < -0.39 is 0 Å². The van der Waals surface area contributed by atoms with E-state index in [4.69, 9.17) is 11.1 Å². The Hall–Kier alpha value is -0.830. The summed E-state index contributed by atoms with van der Waals surface area (Å²) in [5.74, 6) is 0. The Labute approximate surface area is 74.1 Å². The molecule has 0 amide bonds. The molecule has 0 radical (unpaired) electrons. The number of hydrogen-bond acceptors (Lipinski definition) is 1. The maximum absolute atomic E-state index is 7.44. The second-order valence-electron chi connectivity index (χ2n) is 2.33. The van der Waals surface area contributed by atoms with Gasteiger partial charge in [-0.15, -0.1) is 5.69 Å². The first-order chi connectivity index (χ1) is 5.15. The minimum Gasteiger partial charge on any atom is -0.698 e. The van der Waals surface area contributed by atoms with Crippen molar-refractivity contribution in [1.82, 2.24) is 0 Å². The summed E-state index contributed by atoms with van der Waals surface area (Å²) in [4.78, 5) is 0. The molecule has 0 aromatic heterocycles. The van der Waals surface area contributed by atoms with Crippen molar-refractivity contribution in [2.45, 2.75) is 6.92 Å². The molecule has 0 heterocycles. The van der Waals surface area contributed by atoms with Gasteiger partial charge in [-0.25, -0.2) is 0 Å². The predicted molar refractivity (Wildman–Crippen MR) is 50.7 cm³/mol. The van der Waals surface area contributed by atoms with E-state index in [9.17, 15) is 0 Å². The van der Waals surface area contributed by atoms with Crippen LogP contribution in [0.3, 0.4) is 0 Å². The summed E-state index contributed by atoms with van der Waals surface area (Å²) in [6.07, 6.45) is 1.19. The first kappa shape index (κ1) is 8.27. The highest BCUT2D eigenvalue weighted by Gasteiger charge is 1.95. The molecule has 1 rings (SSSR count). The van der Waals surface area contributed by atoms with E-state index in [2.05, 4.69) is 15.9 Å². The van der Waals surface area contributed by atoms with Crippen LogP contribution in [0.2, 0.25) is 0 Å². The van der Waals surface area contributed by atoms with Gasteiger partial charge in [-0.3, -0.25) is 0 Å². The molecule has 0 saturated carbocycles. The fourth-order valence-corrected chi connectivity index (χ4v) is 1.18. The van der Waals surface area contributed by atoms with Crippen LogP contribution in [0, 0.1) is 12.3 Å². The monoisotopic (exact) mass is 211 g/mol. The van der Waals surface area contributed by atoms with Gasteiger partial charge in [-0.05, 0) is 24.1 Å². The average Bonchev–Trinajstić information content (AvgIpc) is 1.97. The molecule has 0 unspecified atom stereocenters.